The van der Waals surface area contributed by atoms with E-state index in [1.165, 1.54) is 6.07 Å². The molecule has 1 aromatic carbocycles. The van der Waals surface area contributed by atoms with E-state index >= 15 is 0 Å². The second-order valence-corrected chi connectivity index (χ2v) is 4.87. The highest BCUT2D eigenvalue weighted by molar-refractivity contribution is 5.30. The minimum Gasteiger partial charge on any atom is -0.376 e. The Morgan fingerprint density at radius 3 is 2.59 bits per heavy atom. The molecule has 1 aliphatic carbocycles. The molecule has 0 saturated heterocycles. The summed E-state index contributed by atoms with van der Waals surface area (Å²) in [6.45, 7) is 1.98. The summed E-state index contributed by atoms with van der Waals surface area (Å²) in [5, 5.41) is 3.22. The van der Waals surface area contributed by atoms with Gasteiger partial charge in [-0.2, -0.15) is 0 Å². The van der Waals surface area contributed by atoms with E-state index in [2.05, 4.69) is 5.32 Å². The fourth-order valence-electron chi connectivity index (χ4n) is 2.72. The third-order valence-corrected chi connectivity index (χ3v) is 3.88. The molecule has 0 radical (unpaired) electrons. The van der Waals surface area contributed by atoms with Crippen LogP contribution in [-0.2, 0) is 4.74 Å². The van der Waals surface area contributed by atoms with Crippen molar-refractivity contribution in [1.29, 1.82) is 0 Å². The van der Waals surface area contributed by atoms with Gasteiger partial charge in [0.1, 0.15) is 5.82 Å². The van der Waals surface area contributed by atoms with Crippen molar-refractivity contribution in [2.75, 3.05) is 14.2 Å². The zero-order valence-corrected chi connectivity index (χ0v) is 10.7. The molecule has 1 fully saturated rings. The molecule has 0 aliphatic heterocycles. The first kappa shape index (κ1) is 12.5. The number of aryl methyl sites for hydroxylation is 1. The molecule has 2 rings (SSSR count). The van der Waals surface area contributed by atoms with Gasteiger partial charge in [0.15, 0.2) is 0 Å². The molecule has 94 valence electrons. The number of ether oxygens (including phenoxy) is 1. The van der Waals surface area contributed by atoms with Gasteiger partial charge in [-0.05, 0) is 39.3 Å². The molecular formula is C14H20FNO. The molecule has 3 heteroatoms. The number of benzene rings is 1. The van der Waals surface area contributed by atoms with E-state index in [1.54, 1.807) is 13.2 Å². The summed E-state index contributed by atoms with van der Waals surface area (Å²) < 4.78 is 19.6. The summed E-state index contributed by atoms with van der Waals surface area (Å²) >= 11 is 0. The molecule has 0 amide bonds. The summed E-state index contributed by atoms with van der Waals surface area (Å²) in [5.74, 6) is -0.154. The predicted molar refractivity (Wildman–Crippen MR) is 66.5 cm³/mol. The van der Waals surface area contributed by atoms with Crippen LogP contribution in [0.2, 0.25) is 0 Å². The first-order valence-electron chi connectivity index (χ1n) is 6.11. The molecule has 1 unspecified atom stereocenters. The SMILES string of the molecule is CNC(c1cc(C)ccc1F)C1(OC)CCC1. The molecule has 1 aromatic rings. The maximum absolute atomic E-state index is 13.9. The van der Waals surface area contributed by atoms with E-state index in [9.17, 15) is 4.39 Å². The lowest BCUT2D eigenvalue weighted by Crippen LogP contribution is -2.50. The highest BCUT2D eigenvalue weighted by Gasteiger charge is 2.45. The number of hydrogen-bond donors (Lipinski definition) is 1. The Hall–Kier alpha value is -0.930. The summed E-state index contributed by atoms with van der Waals surface area (Å²) in [7, 11) is 3.59. The van der Waals surface area contributed by atoms with Crippen molar-refractivity contribution in [3.05, 3.63) is 35.1 Å². The first-order valence-corrected chi connectivity index (χ1v) is 6.11. The van der Waals surface area contributed by atoms with Gasteiger partial charge in [0.25, 0.3) is 0 Å². The molecule has 0 heterocycles. The van der Waals surface area contributed by atoms with Gasteiger partial charge >= 0.3 is 0 Å². The molecule has 0 bridgehead atoms. The Bertz CT molecular complexity index is 396. The molecule has 2 nitrogen and oxygen atoms in total. The third-order valence-electron chi connectivity index (χ3n) is 3.88. The van der Waals surface area contributed by atoms with E-state index in [0.717, 1.165) is 24.8 Å². The Morgan fingerprint density at radius 2 is 2.12 bits per heavy atom. The van der Waals surface area contributed by atoms with Gasteiger partial charge in [0.2, 0.25) is 0 Å². The van der Waals surface area contributed by atoms with Crippen LogP contribution in [0, 0.1) is 12.7 Å². The number of halogens is 1. The second kappa shape index (κ2) is 4.75. The van der Waals surface area contributed by atoms with Crippen LogP contribution in [0.1, 0.15) is 36.4 Å². The number of hydrogen-bond acceptors (Lipinski definition) is 2. The van der Waals surface area contributed by atoms with Crippen molar-refractivity contribution in [3.8, 4) is 0 Å². The quantitative estimate of drug-likeness (QED) is 0.869. The molecule has 0 spiro atoms. The van der Waals surface area contributed by atoms with E-state index < -0.39 is 0 Å². The third kappa shape index (κ3) is 2.09. The van der Waals surface area contributed by atoms with Gasteiger partial charge in [0.05, 0.1) is 11.6 Å². The summed E-state index contributed by atoms with van der Waals surface area (Å²) in [6, 6.07) is 5.18. The molecule has 1 atom stereocenters. The maximum atomic E-state index is 13.9. The standard InChI is InChI=1S/C14H20FNO/c1-10-5-6-12(15)11(9-10)13(16-2)14(17-3)7-4-8-14/h5-6,9,13,16H,4,7-8H2,1-3H3. The smallest absolute Gasteiger partial charge is 0.128 e. The normalized spacial score (nSPS) is 19.8. The van der Waals surface area contributed by atoms with Gasteiger partial charge in [0, 0.05) is 12.7 Å². The molecule has 17 heavy (non-hydrogen) atoms. The van der Waals surface area contributed by atoms with E-state index in [1.807, 2.05) is 20.0 Å². The van der Waals surface area contributed by atoms with Crippen LogP contribution >= 0.6 is 0 Å². The average Bonchev–Trinajstić information content (AvgIpc) is 2.27. The van der Waals surface area contributed by atoms with Gasteiger partial charge < -0.3 is 10.1 Å². The zero-order chi connectivity index (χ0) is 12.5. The summed E-state index contributed by atoms with van der Waals surface area (Å²) in [5.41, 5.74) is 1.56. The second-order valence-electron chi connectivity index (χ2n) is 4.87. The highest BCUT2D eigenvalue weighted by Crippen LogP contribution is 2.45. The van der Waals surface area contributed by atoms with Crippen molar-refractivity contribution in [1.82, 2.24) is 5.32 Å². The van der Waals surface area contributed by atoms with E-state index in [4.69, 9.17) is 4.74 Å². The van der Waals surface area contributed by atoms with Gasteiger partial charge in [-0.3, -0.25) is 0 Å². The monoisotopic (exact) mass is 237 g/mol. The lowest BCUT2D eigenvalue weighted by Gasteiger charge is -2.46. The van der Waals surface area contributed by atoms with E-state index in [-0.39, 0.29) is 17.5 Å². The number of methoxy groups -OCH3 is 1. The lowest BCUT2D eigenvalue weighted by molar-refractivity contribution is -0.0989. The number of nitrogens with one attached hydrogen (secondary N) is 1. The maximum Gasteiger partial charge on any atom is 0.128 e. The van der Waals surface area contributed by atoms with Crippen molar-refractivity contribution in [2.45, 2.75) is 37.8 Å². The van der Waals surface area contributed by atoms with Crippen molar-refractivity contribution < 1.29 is 9.13 Å². The highest BCUT2D eigenvalue weighted by atomic mass is 19.1. The van der Waals surface area contributed by atoms with Crippen molar-refractivity contribution >= 4 is 0 Å². The minimum absolute atomic E-state index is 0.0684. The minimum atomic E-state index is -0.233. The van der Waals surface area contributed by atoms with Gasteiger partial charge in [-0.1, -0.05) is 17.7 Å². The summed E-state index contributed by atoms with van der Waals surface area (Å²) in [4.78, 5) is 0. The van der Waals surface area contributed by atoms with Crippen LogP contribution in [0.4, 0.5) is 4.39 Å². The van der Waals surface area contributed by atoms with E-state index in [0.29, 0.717) is 5.56 Å². The van der Waals surface area contributed by atoms with Crippen LogP contribution in [0.15, 0.2) is 18.2 Å². The van der Waals surface area contributed by atoms with Crippen molar-refractivity contribution in [3.63, 3.8) is 0 Å². The molecule has 1 aliphatic rings. The molecule has 1 N–H and O–H groups in total. The molecule has 1 saturated carbocycles. The molecular weight excluding hydrogens is 217 g/mol. The first-order chi connectivity index (χ1) is 8.13. The topological polar surface area (TPSA) is 21.3 Å². The number of likely N-dealkylation sites (N-methyl/N-ethyl adjacent to an activating group) is 1. The Balaban J connectivity index is 2.37. The Labute approximate surface area is 102 Å². The number of rotatable bonds is 4. The zero-order valence-electron chi connectivity index (χ0n) is 10.7. The van der Waals surface area contributed by atoms with Crippen LogP contribution < -0.4 is 5.32 Å². The Kier molecular flexibility index (Phi) is 3.50. The largest absolute Gasteiger partial charge is 0.376 e. The van der Waals surface area contributed by atoms with Crippen LogP contribution in [0.25, 0.3) is 0 Å². The molecule has 0 aromatic heterocycles. The van der Waals surface area contributed by atoms with Crippen LogP contribution in [0.3, 0.4) is 0 Å². The Morgan fingerprint density at radius 1 is 1.41 bits per heavy atom. The predicted octanol–water partition coefficient (Wildman–Crippen LogP) is 2.96. The average molecular weight is 237 g/mol. The summed E-state index contributed by atoms with van der Waals surface area (Å²) in [6.07, 6.45) is 3.13. The van der Waals surface area contributed by atoms with Gasteiger partial charge in [-0.15, -0.1) is 0 Å². The van der Waals surface area contributed by atoms with Crippen LogP contribution in [0.5, 0.6) is 0 Å². The fourth-order valence-corrected chi connectivity index (χ4v) is 2.72. The van der Waals surface area contributed by atoms with Gasteiger partial charge in [-0.25, -0.2) is 4.39 Å². The fraction of sp³-hybridized carbons (Fsp3) is 0.571. The lowest BCUT2D eigenvalue weighted by atomic mass is 9.72. The van der Waals surface area contributed by atoms with Crippen molar-refractivity contribution in [2.24, 2.45) is 0 Å². The van der Waals surface area contributed by atoms with Crippen LogP contribution in [-0.4, -0.2) is 19.8 Å².